The highest BCUT2D eigenvalue weighted by Crippen LogP contribution is 2.20. The molecule has 30 heavy (non-hydrogen) atoms. The van der Waals surface area contributed by atoms with Crippen molar-refractivity contribution in [3.05, 3.63) is 42.5 Å². The van der Waals surface area contributed by atoms with Crippen LogP contribution in [0.5, 0.6) is 0 Å². The van der Waals surface area contributed by atoms with Gasteiger partial charge in [0.05, 0.1) is 0 Å². The van der Waals surface area contributed by atoms with Gasteiger partial charge in [-0.15, -0.1) is 0 Å². The number of fused-ring (bicyclic) bond motifs is 1. The van der Waals surface area contributed by atoms with Gasteiger partial charge in [0.15, 0.2) is 0 Å². The van der Waals surface area contributed by atoms with Crippen molar-refractivity contribution in [2.75, 3.05) is 44.6 Å². The van der Waals surface area contributed by atoms with E-state index in [1.54, 1.807) is 4.90 Å². The summed E-state index contributed by atoms with van der Waals surface area (Å²) in [5, 5.41) is 5.18. The molecule has 6 nitrogen and oxygen atoms in total. The Balaban J connectivity index is 1.29. The third kappa shape index (κ3) is 4.75. The Morgan fingerprint density at radius 3 is 2.53 bits per heavy atom. The van der Waals surface area contributed by atoms with Crippen LogP contribution in [-0.2, 0) is 4.79 Å². The molecule has 2 aromatic carbocycles. The molecule has 2 heterocycles. The van der Waals surface area contributed by atoms with Crippen molar-refractivity contribution in [1.82, 2.24) is 14.7 Å². The lowest BCUT2D eigenvalue weighted by atomic mass is 10.1. The van der Waals surface area contributed by atoms with Gasteiger partial charge in [0, 0.05) is 25.3 Å². The van der Waals surface area contributed by atoms with Crippen molar-refractivity contribution in [1.29, 1.82) is 0 Å². The summed E-state index contributed by atoms with van der Waals surface area (Å²) in [7, 11) is 0. The first-order valence-electron chi connectivity index (χ1n) is 11.2. The normalized spacial score (nSPS) is 20.6. The molecule has 1 N–H and O–H groups in total. The van der Waals surface area contributed by atoms with Crippen molar-refractivity contribution >= 4 is 28.4 Å². The molecule has 1 unspecified atom stereocenters. The Morgan fingerprint density at radius 1 is 0.967 bits per heavy atom. The number of likely N-dealkylation sites (tertiary alicyclic amines) is 1. The fraction of sp³-hybridized carbons (Fsp3) is 0.500. The standard InChI is InChI=1S/C24H32N4O2/c1-19-23(29)27(15-7-14-26-12-5-2-6-13-26)16-17-28(19)24(30)25-22-11-10-20-8-3-4-9-21(20)18-22/h3-4,8-11,18-19H,2,5-7,12-17H2,1H3,(H,25,30). The predicted octanol–water partition coefficient (Wildman–Crippen LogP) is 3.78. The quantitative estimate of drug-likeness (QED) is 0.819. The zero-order valence-electron chi connectivity index (χ0n) is 17.8. The second-order valence-corrected chi connectivity index (χ2v) is 8.44. The molecule has 1 atom stereocenters. The molecule has 2 fully saturated rings. The van der Waals surface area contributed by atoms with Gasteiger partial charge < -0.3 is 20.0 Å². The smallest absolute Gasteiger partial charge is 0.322 e. The summed E-state index contributed by atoms with van der Waals surface area (Å²) in [4.78, 5) is 31.7. The monoisotopic (exact) mass is 408 g/mol. The second-order valence-electron chi connectivity index (χ2n) is 8.44. The summed E-state index contributed by atoms with van der Waals surface area (Å²) < 4.78 is 0. The first kappa shape index (κ1) is 20.7. The van der Waals surface area contributed by atoms with E-state index in [2.05, 4.69) is 10.2 Å². The Morgan fingerprint density at radius 2 is 1.73 bits per heavy atom. The van der Waals surface area contributed by atoms with Crippen LogP contribution in [0.1, 0.15) is 32.6 Å². The van der Waals surface area contributed by atoms with Crippen molar-refractivity contribution in [2.45, 2.75) is 38.6 Å². The molecule has 2 aliphatic heterocycles. The molecule has 0 spiro atoms. The summed E-state index contributed by atoms with van der Waals surface area (Å²) in [5.41, 5.74) is 0.752. The van der Waals surface area contributed by atoms with E-state index in [1.807, 2.05) is 54.3 Å². The number of rotatable bonds is 5. The maximum atomic E-state index is 12.8. The van der Waals surface area contributed by atoms with Gasteiger partial charge in [-0.3, -0.25) is 4.79 Å². The van der Waals surface area contributed by atoms with Crippen molar-refractivity contribution in [2.24, 2.45) is 0 Å². The van der Waals surface area contributed by atoms with Gasteiger partial charge in [-0.05, 0) is 68.7 Å². The summed E-state index contributed by atoms with van der Waals surface area (Å²) in [6.45, 7) is 7.22. The molecule has 2 aromatic rings. The van der Waals surface area contributed by atoms with E-state index in [-0.39, 0.29) is 11.9 Å². The molecular weight excluding hydrogens is 376 g/mol. The molecule has 0 bridgehead atoms. The number of amides is 3. The van der Waals surface area contributed by atoms with Crippen LogP contribution in [0.3, 0.4) is 0 Å². The summed E-state index contributed by atoms with van der Waals surface area (Å²) in [5.74, 6) is 0.0496. The fourth-order valence-electron chi connectivity index (χ4n) is 4.56. The molecule has 0 aromatic heterocycles. The average molecular weight is 409 g/mol. The molecule has 3 amide bonds. The number of nitrogens with zero attached hydrogens (tertiary/aromatic N) is 3. The van der Waals surface area contributed by atoms with Crippen LogP contribution in [0.15, 0.2) is 42.5 Å². The van der Waals surface area contributed by atoms with Gasteiger partial charge in [-0.2, -0.15) is 0 Å². The Bertz CT molecular complexity index is 894. The molecule has 0 aliphatic carbocycles. The fourth-order valence-corrected chi connectivity index (χ4v) is 4.56. The zero-order valence-corrected chi connectivity index (χ0v) is 17.8. The van der Waals surface area contributed by atoms with Crippen LogP contribution in [-0.4, -0.2) is 71.9 Å². The van der Waals surface area contributed by atoms with E-state index < -0.39 is 6.04 Å². The van der Waals surface area contributed by atoms with Gasteiger partial charge in [-0.25, -0.2) is 4.79 Å². The van der Waals surface area contributed by atoms with E-state index in [9.17, 15) is 9.59 Å². The maximum Gasteiger partial charge on any atom is 0.322 e. The lowest BCUT2D eigenvalue weighted by Gasteiger charge is -2.39. The molecular formula is C24H32N4O2. The SMILES string of the molecule is CC1C(=O)N(CCCN2CCCCC2)CCN1C(=O)Nc1ccc2ccccc2c1. The number of benzene rings is 2. The molecule has 0 saturated carbocycles. The van der Waals surface area contributed by atoms with Crippen LogP contribution < -0.4 is 5.32 Å². The van der Waals surface area contributed by atoms with Crippen LogP contribution >= 0.6 is 0 Å². The number of piperidine rings is 1. The average Bonchev–Trinajstić information content (AvgIpc) is 2.77. The number of carbonyl (C=O) groups excluding carboxylic acids is 2. The number of urea groups is 1. The van der Waals surface area contributed by atoms with Crippen LogP contribution in [0.25, 0.3) is 10.8 Å². The highest BCUT2D eigenvalue weighted by molar-refractivity contribution is 5.96. The Hall–Kier alpha value is -2.60. The molecule has 6 heteroatoms. The number of piperazine rings is 1. The van der Waals surface area contributed by atoms with Crippen LogP contribution in [0.4, 0.5) is 10.5 Å². The lowest BCUT2D eigenvalue weighted by Crippen LogP contribution is -2.58. The minimum atomic E-state index is -0.436. The molecule has 0 radical (unpaired) electrons. The zero-order chi connectivity index (χ0) is 20.9. The maximum absolute atomic E-state index is 12.8. The van der Waals surface area contributed by atoms with E-state index in [4.69, 9.17) is 0 Å². The summed E-state index contributed by atoms with van der Waals surface area (Å²) >= 11 is 0. The first-order chi connectivity index (χ1) is 14.6. The van der Waals surface area contributed by atoms with Gasteiger partial charge in [-0.1, -0.05) is 36.8 Å². The van der Waals surface area contributed by atoms with Crippen molar-refractivity contribution in [3.8, 4) is 0 Å². The van der Waals surface area contributed by atoms with Gasteiger partial charge >= 0.3 is 6.03 Å². The van der Waals surface area contributed by atoms with Crippen molar-refractivity contribution in [3.63, 3.8) is 0 Å². The van der Waals surface area contributed by atoms with Gasteiger partial charge in [0.2, 0.25) is 5.91 Å². The van der Waals surface area contributed by atoms with Gasteiger partial charge in [0.25, 0.3) is 0 Å². The molecule has 2 aliphatic rings. The van der Waals surface area contributed by atoms with Crippen LogP contribution in [0, 0.1) is 0 Å². The minimum absolute atomic E-state index is 0.0496. The topological polar surface area (TPSA) is 55.9 Å². The van der Waals surface area contributed by atoms with E-state index in [1.165, 1.54) is 32.4 Å². The third-order valence-corrected chi connectivity index (χ3v) is 6.36. The summed E-state index contributed by atoms with van der Waals surface area (Å²) in [6.07, 6.45) is 4.93. The third-order valence-electron chi connectivity index (χ3n) is 6.36. The number of hydrogen-bond acceptors (Lipinski definition) is 3. The first-order valence-corrected chi connectivity index (χ1v) is 11.2. The van der Waals surface area contributed by atoms with E-state index in [0.717, 1.165) is 36.0 Å². The lowest BCUT2D eigenvalue weighted by molar-refractivity contribution is -0.139. The molecule has 160 valence electrons. The highest BCUT2D eigenvalue weighted by atomic mass is 16.2. The van der Waals surface area contributed by atoms with Crippen molar-refractivity contribution < 1.29 is 9.59 Å². The number of hydrogen-bond donors (Lipinski definition) is 1. The van der Waals surface area contributed by atoms with Crippen LogP contribution in [0.2, 0.25) is 0 Å². The molecule has 4 rings (SSSR count). The predicted molar refractivity (Wildman–Crippen MR) is 121 cm³/mol. The summed E-state index contributed by atoms with van der Waals surface area (Å²) in [6, 6.07) is 13.3. The van der Waals surface area contributed by atoms with E-state index >= 15 is 0 Å². The second kappa shape index (κ2) is 9.47. The molecule has 2 saturated heterocycles. The number of anilines is 1. The number of carbonyl (C=O) groups is 2. The number of nitrogens with one attached hydrogen (secondary N) is 1. The van der Waals surface area contributed by atoms with E-state index in [0.29, 0.717) is 13.1 Å². The largest absolute Gasteiger partial charge is 0.339 e. The highest BCUT2D eigenvalue weighted by Gasteiger charge is 2.34. The Kier molecular flexibility index (Phi) is 6.53. The minimum Gasteiger partial charge on any atom is -0.339 e. The Labute approximate surface area is 178 Å². The van der Waals surface area contributed by atoms with Gasteiger partial charge in [0.1, 0.15) is 6.04 Å².